The molecular formula is C29H28ClF2N3O3S. The van der Waals surface area contributed by atoms with Gasteiger partial charge in [0.05, 0.1) is 21.9 Å². The van der Waals surface area contributed by atoms with E-state index in [4.69, 9.17) is 11.6 Å². The van der Waals surface area contributed by atoms with Crippen LogP contribution in [0.1, 0.15) is 54.6 Å². The van der Waals surface area contributed by atoms with Gasteiger partial charge < -0.3 is 4.57 Å². The maximum absolute atomic E-state index is 15.7. The van der Waals surface area contributed by atoms with Crippen LogP contribution in [0.3, 0.4) is 0 Å². The van der Waals surface area contributed by atoms with Crippen LogP contribution in [-0.4, -0.2) is 25.3 Å². The van der Waals surface area contributed by atoms with E-state index in [1.165, 1.54) is 36.7 Å². The number of halogens is 3. The first-order valence-electron chi connectivity index (χ1n) is 12.4. The normalized spacial score (nSPS) is 18.5. The Kier molecular flexibility index (Phi) is 8.61. The second-order valence-corrected chi connectivity index (χ2v) is 10.9. The Morgan fingerprint density at radius 2 is 1.92 bits per heavy atom. The Morgan fingerprint density at radius 1 is 1.21 bits per heavy atom. The number of rotatable bonds is 8. The number of nitrogens with zero attached hydrogens (tertiary/aromatic N) is 3. The first-order chi connectivity index (χ1) is 18.6. The second-order valence-electron chi connectivity index (χ2n) is 9.22. The summed E-state index contributed by atoms with van der Waals surface area (Å²) >= 11 is 6.52. The number of pyridine rings is 2. The summed E-state index contributed by atoms with van der Waals surface area (Å²) in [7, 11) is -1.64. The number of aromatic nitrogens is 2. The van der Waals surface area contributed by atoms with Gasteiger partial charge >= 0.3 is 0 Å². The van der Waals surface area contributed by atoms with Gasteiger partial charge in [-0.25, -0.2) is 8.78 Å². The van der Waals surface area contributed by atoms with Crippen LogP contribution in [0.15, 0.2) is 80.0 Å². The minimum absolute atomic E-state index is 0.0391. The van der Waals surface area contributed by atoms with Gasteiger partial charge in [0, 0.05) is 47.9 Å². The molecule has 1 fully saturated rings. The molecule has 3 atom stereocenters. The van der Waals surface area contributed by atoms with Gasteiger partial charge in [-0.1, -0.05) is 29.8 Å². The second kappa shape index (κ2) is 11.8. The van der Waals surface area contributed by atoms with Crippen LogP contribution in [0.4, 0.5) is 8.78 Å². The fourth-order valence-corrected chi connectivity index (χ4v) is 5.66. The van der Waals surface area contributed by atoms with Gasteiger partial charge in [0.2, 0.25) is 0 Å². The van der Waals surface area contributed by atoms with Gasteiger partial charge in [-0.2, -0.15) is 0 Å². The average molecular weight is 572 g/mol. The summed E-state index contributed by atoms with van der Waals surface area (Å²) < 4.78 is 45.5. The van der Waals surface area contributed by atoms with Crippen molar-refractivity contribution in [2.75, 3.05) is 6.26 Å². The van der Waals surface area contributed by atoms with Crippen molar-refractivity contribution in [2.45, 2.75) is 50.5 Å². The molecule has 3 aromatic rings. The molecule has 1 aliphatic rings. The van der Waals surface area contributed by atoms with Gasteiger partial charge in [-0.3, -0.25) is 23.4 Å². The third-order valence-electron chi connectivity index (χ3n) is 6.72. The maximum atomic E-state index is 15.7. The van der Waals surface area contributed by atoms with Crippen LogP contribution in [0, 0.1) is 12.7 Å². The zero-order valence-corrected chi connectivity index (χ0v) is 23.5. The van der Waals surface area contributed by atoms with Crippen molar-refractivity contribution in [2.24, 2.45) is 4.99 Å². The van der Waals surface area contributed by atoms with E-state index in [1.807, 2.05) is 13.0 Å². The smallest absolute Gasteiger partial charge is 0.273 e. The fourth-order valence-electron chi connectivity index (χ4n) is 4.74. The topological polar surface area (TPSA) is 73.4 Å². The minimum atomic E-state index is -1.64. The number of allylic oxidation sites excluding steroid dienone is 2. The Morgan fingerprint density at radius 3 is 2.59 bits per heavy atom. The van der Waals surface area contributed by atoms with Crippen molar-refractivity contribution in [1.82, 2.24) is 9.13 Å². The van der Waals surface area contributed by atoms with Crippen LogP contribution >= 0.6 is 11.6 Å². The number of aliphatic imine (C=N–C) groups is 1. The fraction of sp³-hybridized carbons (Fsp3) is 0.276. The predicted octanol–water partition coefficient (Wildman–Crippen LogP) is 5.93. The summed E-state index contributed by atoms with van der Waals surface area (Å²) in [6, 6.07) is 11.0. The molecule has 10 heteroatoms. The van der Waals surface area contributed by atoms with Gasteiger partial charge in [0.15, 0.2) is 5.83 Å². The molecule has 4 rings (SSSR count). The molecular weight excluding hydrogens is 544 g/mol. The zero-order valence-electron chi connectivity index (χ0n) is 22.0. The van der Waals surface area contributed by atoms with E-state index in [9.17, 15) is 13.8 Å². The van der Waals surface area contributed by atoms with Crippen molar-refractivity contribution in [3.8, 4) is 0 Å². The Hall–Kier alpha value is -3.43. The Labute approximate surface area is 232 Å². The van der Waals surface area contributed by atoms with Gasteiger partial charge in [-0.15, -0.1) is 0 Å². The maximum Gasteiger partial charge on any atom is 0.273 e. The average Bonchev–Trinajstić information content (AvgIpc) is 3.70. The molecule has 0 N–H and O–H groups in total. The molecule has 0 amide bonds. The number of hydrogen-bond acceptors (Lipinski definition) is 4. The summed E-state index contributed by atoms with van der Waals surface area (Å²) in [6.45, 7) is 5.76. The highest BCUT2D eigenvalue weighted by atomic mass is 35.5. The van der Waals surface area contributed by atoms with Crippen molar-refractivity contribution in [3.05, 3.63) is 115 Å². The minimum Gasteiger partial charge on any atom is -0.313 e. The van der Waals surface area contributed by atoms with Crippen molar-refractivity contribution >= 4 is 34.3 Å². The third kappa shape index (κ3) is 5.65. The molecule has 0 bridgehead atoms. The molecule has 2 aromatic heterocycles. The molecule has 0 aliphatic heterocycles. The van der Waals surface area contributed by atoms with Crippen LogP contribution in [-0.2, 0) is 17.3 Å². The molecule has 0 spiro atoms. The van der Waals surface area contributed by atoms with E-state index in [1.54, 1.807) is 36.6 Å². The van der Waals surface area contributed by atoms with Crippen LogP contribution in [0.2, 0.25) is 5.02 Å². The molecule has 1 aromatic carbocycles. The lowest BCUT2D eigenvalue weighted by molar-refractivity contribution is 0.591. The van der Waals surface area contributed by atoms with Crippen LogP contribution in [0.25, 0.3) is 6.20 Å². The Bertz CT molecular complexity index is 1670. The van der Waals surface area contributed by atoms with E-state index >= 15 is 8.78 Å². The molecule has 1 aliphatic carbocycles. The van der Waals surface area contributed by atoms with Crippen molar-refractivity contribution < 1.29 is 13.0 Å². The van der Waals surface area contributed by atoms with Gasteiger partial charge in [-0.05, 0) is 62.9 Å². The lowest BCUT2D eigenvalue weighted by Crippen LogP contribution is -2.22. The molecule has 3 unspecified atom stereocenters. The predicted molar refractivity (Wildman–Crippen MR) is 152 cm³/mol. The number of hydrogen-bond donors (Lipinski definition) is 0. The van der Waals surface area contributed by atoms with Gasteiger partial charge in [0.25, 0.3) is 11.1 Å². The highest BCUT2D eigenvalue weighted by Crippen LogP contribution is 2.55. The summed E-state index contributed by atoms with van der Waals surface area (Å²) in [4.78, 5) is 29.5. The molecule has 2 heterocycles. The van der Waals surface area contributed by atoms with E-state index in [0.29, 0.717) is 17.8 Å². The first-order valence-corrected chi connectivity index (χ1v) is 14.3. The van der Waals surface area contributed by atoms with E-state index in [-0.39, 0.29) is 38.6 Å². The lowest BCUT2D eigenvalue weighted by atomic mass is 10.1. The molecule has 6 nitrogen and oxygen atoms in total. The van der Waals surface area contributed by atoms with Crippen molar-refractivity contribution in [3.63, 3.8) is 0 Å². The van der Waals surface area contributed by atoms with E-state index < -0.39 is 28.0 Å². The molecule has 39 heavy (non-hydrogen) atoms. The number of benzene rings is 1. The summed E-state index contributed by atoms with van der Waals surface area (Å²) in [5, 5.41) is -0.0417. The summed E-state index contributed by atoms with van der Waals surface area (Å²) in [6.07, 6.45) is 5.84. The lowest BCUT2D eigenvalue weighted by Gasteiger charge is -2.13. The third-order valence-corrected chi connectivity index (χ3v) is 8.04. The molecule has 204 valence electrons. The standard InChI is InChI=1S/C29H28ClF2N3O3S/c1-5-13-33-28(18-9-7-11-24(27(18)32)39(4)38)22(31)16-35-17(3)14-21(26(30)29(35)37)19-15-20(19)23-10-8-12-25(36)34(23)6-2/h5,7-14,16,19-20H,6,15H2,1-4H3/b13-5+,22-16-,33-28+. The van der Waals surface area contributed by atoms with Gasteiger partial charge in [0.1, 0.15) is 16.6 Å². The quantitative estimate of drug-likeness (QED) is 0.315. The highest BCUT2D eigenvalue weighted by molar-refractivity contribution is 7.84. The molecule has 0 radical (unpaired) electrons. The molecule has 1 saturated carbocycles. The molecule has 0 saturated heterocycles. The van der Waals surface area contributed by atoms with Crippen LogP contribution < -0.4 is 11.1 Å². The number of aryl methyl sites for hydroxylation is 1. The first kappa shape index (κ1) is 28.6. The summed E-state index contributed by atoms with van der Waals surface area (Å²) in [5.74, 6) is -1.84. The van der Waals surface area contributed by atoms with Crippen LogP contribution in [0.5, 0.6) is 0 Å². The monoisotopic (exact) mass is 571 g/mol. The Balaban J connectivity index is 1.75. The SMILES string of the molecule is C/C=C/N=C(/C(F)=C/n1c(C)cc(C2CC2c2cccc(=O)n2CC)c(Cl)c1=O)c1cccc(S(C)=O)c1F. The van der Waals surface area contributed by atoms with E-state index in [2.05, 4.69) is 4.99 Å². The largest absolute Gasteiger partial charge is 0.313 e. The van der Waals surface area contributed by atoms with Crippen molar-refractivity contribution in [1.29, 1.82) is 0 Å². The van der Waals surface area contributed by atoms with E-state index in [0.717, 1.165) is 22.9 Å². The zero-order chi connectivity index (χ0) is 28.4. The highest BCUT2D eigenvalue weighted by Gasteiger charge is 2.43. The summed E-state index contributed by atoms with van der Waals surface area (Å²) in [5.41, 5.74) is 0.711.